The number of fused-ring (bicyclic) bond motifs is 1. The van der Waals surface area contributed by atoms with Gasteiger partial charge in [-0.25, -0.2) is 9.97 Å². The number of nitrogens with zero attached hydrogens (tertiary/aromatic N) is 4. The molecule has 7 nitrogen and oxygen atoms in total. The van der Waals surface area contributed by atoms with Gasteiger partial charge in [0.2, 0.25) is 5.95 Å². The van der Waals surface area contributed by atoms with Crippen LogP contribution < -0.4 is 9.47 Å². The third-order valence-corrected chi connectivity index (χ3v) is 3.05. The Kier molecular flexibility index (Phi) is 3.31. The number of aromatic hydroxyl groups is 1. The van der Waals surface area contributed by atoms with Crippen molar-refractivity contribution >= 4 is 10.9 Å². The number of hydrogen-bond donors (Lipinski definition) is 0. The standard InChI is InChI=1S/C14H14N4O3/c1-19-11-6-9-10(7-12(11)20-2)16-14(17-13(9)21-3)18-5-4-15-8-18/h4-8,21H,3H2,1-2H3. The fourth-order valence-corrected chi connectivity index (χ4v) is 2.04. The van der Waals surface area contributed by atoms with E-state index in [1.54, 1.807) is 49.6 Å². The van der Waals surface area contributed by atoms with Gasteiger partial charge in [-0.2, -0.15) is 0 Å². The van der Waals surface area contributed by atoms with Crippen LogP contribution in [-0.4, -0.2) is 38.5 Å². The van der Waals surface area contributed by atoms with Gasteiger partial charge in [-0.05, 0) is 7.11 Å². The number of rotatable bonds is 4. The maximum absolute atomic E-state index is 5.30. The average molecular weight is 286 g/mol. The molecule has 0 aliphatic rings. The van der Waals surface area contributed by atoms with Gasteiger partial charge in [0.25, 0.3) is 0 Å². The summed E-state index contributed by atoms with van der Waals surface area (Å²) in [6.07, 6.45) is 5.03. The van der Waals surface area contributed by atoms with Gasteiger partial charge in [-0.3, -0.25) is 4.57 Å². The molecule has 0 radical (unpaired) electrons. The second kappa shape index (κ2) is 5.28. The zero-order valence-electron chi connectivity index (χ0n) is 11.6. The van der Waals surface area contributed by atoms with Crippen LogP contribution in [0.1, 0.15) is 0 Å². The number of hydrogen-bond acceptors (Lipinski definition) is 5. The van der Waals surface area contributed by atoms with E-state index in [1.807, 2.05) is 0 Å². The molecule has 1 aromatic carbocycles. The molecule has 0 saturated carbocycles. The number of ether oxygens (including phenoxy) is 3. The highest BCUT2D eigenvalue weighted by Gasteiger charge is 2.16. The first-order chi connectivity index (χ1) is 10.3. The molecule has 3 rings (SSSR count). The minimum atomic E-state index is 0.467. The first-order valence-electron chi connectivity index (χ1n) is 6.15. The van der Waals surface area contributed by atoms with Crippen molar-refractivity contribution < 1.29 is 14.2 Å². The Labute approximate surface area is 121 Å². The molecule has 0 bridgehead atoms. The zero-order valence-corrected chi connectivity index (χ0v) is 11.6. The predicted octanol–water partition coefficient (Wildman–Crippen LogP) is 1.87. The Bertz CT molecular complexity index is 771. The van der Waals surface area contributed by atoms with Gasteiger partial charge in [-0.1, -0.05) is 0 Å². The molecule has 7 heteroatoms. The molecule has 21 heavy (non-hydrogen) atoms. The summed E-state index contributed by atoms with van der Waals surface area (Å²) in [5, 5.41) is 0.742. The van der Waals surface area contributed by atoms with Gasteiger partial charge < -0.3 is 14.2 Å². The minimum absolute atomic E-state index is 0.467. The van der Waals surface area contributed by atoms with E-state index >= 15 is 0 Å². The summed E-state index contributed by atoms with van der Waals surface area (Å²) in [5.74, 6) is 2.13. The second-order valence-electron chi connectivity index (χ2n) is 4.20. The largest absolute Gasteiger partial charge is 0.707 e. The minimum Gasteiger partial charge on any atom is -0.707 e. The number of imidazole rings is 1. The van der Waals surface area contributed by atoms with E-state index in [0.717, 1.165) is 5.39 Å². The summed E-state index contributed by atoms with van der Waals surface area (Å²) >= 11 is 0. The molecule has 3 aromatic rings. The predicted molar refractivity (Wildman–Crippen MR) is 76.8 cm³/mol. The van der Waals surface area contributed by atoms with E-state index in [1.165, 1.54) is 0 Å². The Hall–Kier alpha value is -2.83. The Morgan fingerprint density at radius 3 is 2.52 bits per heavy atom. The molecule has 108 valence electrons. The van der Waals surface area contributed by atoms with E-state index in [9.17, 15) is 0 Å². The van der Waals surface area contributed by atoms with Crippen LogP contribution in [0.25, 0.3) is 16.9 Å². The van der Waals surface area contributed by atoms with Gasteiger partial charge in [-0.15, -0.1) is 4.98 Å². The lowest BCUT2D eigenvalue weighted by Crippen LogP contribution is -2.01. The molecule has 0 amide bonds. The quantitative estimate of drug-likeness (QED) is 0.540. The molecule has 2 aromatic heterocycles. The number of methoxy groups -OCH3 is 2. The lowest BCUT2D eigenvalue weighted by atomic mass is 10.2. The monoisotopic (exact) mass is 286 g/mol. The van der Waals surface area contributed by atoms with Crippen molar-refractivity contribution in [2.24, 2.45) is 0 Å². The maximum atomic E-state index is 5.30. The summed E-state index contributed by atoms with van der Waals surface area (Å²) in [7, 11) is 6.72. The van der Waals surface area contributed by atoms with Crippen LogP contribution >= 0.6 is 0 Å². The third kappa shape index (κ3) is 2.22. The Balaban J connectivity index is 2.28. The van der Waals surface area contributed by atoms with Crippen LogP contribution in [0, 0.1) is 7.11 Å². The van der Waals surface area contributed by atoms with Gasteiger partial charge in [0.15, 0.2) is 11.5 Å². The van der Waals surface area contributed by atoms with Gasteiger partial charge in [0.05, 0.1) is 19.7 Å². The van der Waals surface area contributed by atoms with Crippen molar-refractivity contribution in [1.82, 2.24) is 19.5 Å². The fraction of sp³-hybridized carbons (Fsp3) is 0.143. The van der Waals surface area contributed by atoms with Crippen LogP contribution in [0.5, 0.6) is 17.4 Å². The number of benzene rings is 1. The first-order valence-corrected chi connectivity index (χ1v) is 6.15. The molecule has 0 fully saturated rings. The van der Waals surface area contributed by atoms with Crippen molar-refractivity contribution in [3.05, 3.63) is 38.0 Å². The summed E-state index contributed by atoms with van der Waals surface area (Å²) in [4.78, 5) is 12.9. The van der Waals surface area contributed by atoms with Crippen LogP contribution in [0.15, 0.2) is 30.9 Å². The van der Waals surface area contributed by atoms with Crippen molar-refractivity contribution in [3.8, 4) is 23.3 Å². The Morgan fingerprint density at radius 2 is 1.90 bits per heavy atom. The molecule has 0 saturated heterocycles. The van der Waals surface area contributed by atoms with E-state index in [0.29, 0.717) is 28.8 Å². The second-order valence-corrected chi connectivity index (χ2v) is 4.20. The molecule has 1 N–H and O–H groups in total. The average Bonchev–Trinajstić information content (AvgIpc) is 3.06. The molecule has 0 aliphatic heterocycles. The SMILES string of the molecule is [CH2-][OH+]c1nc(-n2ccnc2)nc2cc(OC)c(OC)cc12. The summed E-state index contributed by atoms with van der Waals surface area (Å²) in [5.41, 5.74) is 0.689. The molecular weight excluding hydrogens is 272 g/mol. The highest BCUT2D eigenvalue weighted by Crippen LogP contribution is 2.35. The number of aromatic nitrogens is 4. The molecule has 0 spiro atoms. The Morgan fingerprint density at radius 1 is 1.14 bits per heavy atom. The molecule has 2 heterocycles. The molecule has 0 unspecified atom stereocenters. The van der Waals surface area contributed by atoms with E-state index in [-0.39, 0.29) is 0 Å². The van der Waals surface area contributed by atoms with Crippen LogP contribution in [0.4, 0.5) is 0 Å². The van der Waals surface area contributed by atoms with E-state index in [4.69, 9.17) is 9.47 Å². The maximum Gasteiger partial charge on any atom is 0.341 e. The highest BCUT2D eigenvalue weighted by molar-refractivity contribution is 5.87. The lowest BCUT2D eigenvalue weighted by Gasteiger charge is -2.12. The summed E-state index contributed by atoms with van der Waals surface area (Å²) in [6, 6.07) is 3.57. The van der Waals surface area contributed by atoms with E-state index < -0.39 is 0 Å². The van der Waals surface area contributed by atoms with Gasteiger partial charge >= 0.3 is 5.88 Å². The summed E-state index contributed by atoms with van der Waals surface area (Å²) in [6.45, 7) is 0. The van der Waals surface area contributed by atoms with Crippen LogP contribution in [0.3, 0.4) is 0 Å². The first kappa shape index (κ1) is 13.2. The molecular formula is C14H14N4O3. The number of aliphatic hydroxyl groups is 1. The van der Waals surface area contributed by atoms with Gasteiger partial charge in [0, 0.05) is 24.5 Å². The van der Waals surface area contributed by atoms with Crippen molar-refractivity contribution in [2.75, 3.05) is 14.2 Å². The summed E-state index contributed by atoms with van der Waals surface area (Å²) < 4.78 is 16.3. The van der Waals surface area contributed by atoms with E-state index in [2.05, 4.69) is 26.8 Å². The van der Waals surface area contributed by atoms with Crippen LogP contribution in [0.2, 0.25) is 0 Å². The van der Waals surface area contributed by atoms with Gasteiger partial charge in [0.1, 0.15) is 11.7 Å². The van der Waals surface area contributed by atoms with Crippen LogP contribution in [-0.2, 0) is 0 Å². The molecule has 0 aliphatic carbocycles. The topological polar surface area (TPSA) is 74.9 Å². The normalized spacial score (nSPS) is 10.6. The smallest absolute Gasteiger partial charge is 0.341 e. The molecule has 0 atom stereocenters. The zero-order chi connectivity index (χ0) is 14.8. The van der Waals surface area contributed by atoms with Crippen molar-refractivity contribution in [3.63, 3.8) is 0 Å². The van der Waals surface area contributed by atoms with Crippen molar-refractivity contribution in [2.45, 2.75) is 0 Å². The van der Waals surface area contributed by atoms with Crippen molar-refractivity contribution in [1.29, 1.82) is 0 Å². The third-order valence-electron chi connectivity index (χ3n) is 3.05. The highest BCUT2D eigenvalue weighted by atomic mass is 16.5. The fourth-order valence-electron chi connectivity index (χ4n) is 2.04. The lowest BCUT2D eigenvalue weighted by molar-refractivity contribution is 0.177.